The molecule has 1 amide bonds. The van der Waals surface area contributed by atoms with Gasteiger partial charge in [0.1, 0.15) is 0 Å². The van der Waals surface area contributed by atoms with E-state index in [4.69, 9.17) is 9.26 Å². The van der Waals surface area contributed by atoms with E-state index in [0.717, 1.165) is 0 Å². The Morgan fingerprint density at radius 2 is 2.20 bits per heavy atom. The lowest BCUT2D eigenvalue weighted by Gasteiger charge is -2.01. The van der Waals surface area contributed by atoms with Crippen molar-refractivity contribution in [1.82, 2.24) is 25.4 Å². The van der Waals surface area contributed by atoms with Crippen molar-refractivity contribution in [2.24, 2.45) is 0 Å². The van der Waals surface area contributed by atoms with Crippen molar-refractivity contribution >= 4 is 5.91 Å². The van der Waals surface area contributed by atoms with Crippen LogP contribution in [0.25, 0.3) is 11.4 Å². The molecule has 0 fully saturated rings. The van der Waals surface area contributed by atoms with Crippen molar-refractivity contribution in [2.45, 2.75) is 13.5 Å². The third-order valence-corrected chi connectivity index (χ3v) is 3.20. The molecule has 0 aliphatic rings. The number of amides is 1. The maximum absolute atomic E-state index is 12.0. The van der Waals surface area contributed by atoms with Crippen LogP contribution in [0.3, 0.4) is 0 Å². The second-order valence-electron chi connectivity index (χ2n) is 4.95. The highest BCUT2D eigenvalue weighted by Crippen LogP contribution is 2.17. The summed E-state index contributed by atoms with van der Waals surface area (Å²) < 4.78 is 10.4. The maximum Gasteiger partial charge on any atom is 0.253 e. The average Bonchev–Trinajstić information content (AvgIpc) is 3.10. The number of ether oxygens (including phenoxy) is 1. The molecule has 0 atom stereocenters. The third-order valence-electron chi connectivity index (χ3n) is 3.20. The van der Waals surface area contributed by atoms with Gasteiger partial charge in [0.25, 0.3) is 5.91 Å². The minimum atomic E-state index is -0.362. The molecule has 0 saturated carbocycles. The number of H-pyrrole nitrogens is 1. The molecular weight excluding hydrogens is 326 g/mol. The van der Waals surface area contributed by atoms with Crippen LogP contribution in [-0.2, 0) is 6.54 Å². The number of nitrogens with zero attached hydrogens (tertiary/aromatic N) is 3. The molecule has 0 bridgehead atoms. The van der Waals surface area contributed by atoms with E-state index in [1.54, 1.807) is 18.3 Å². The highest BCUT2D eigenvalue weighted by molar-refractivity contribution is 5.93. The van der Waals surface area contributed by atoms with Crippen molar-refractivity contribution in [1.29, 1.82) is 0 Å². The first-order valence-corrected chi connectivity index (χ1v) is 7.54. The average molecular weight is 341 g/mol. The van der Waals surface area contributed by atoms with E-state index >= 15 is 0 Å². The number of carbonyl (C=O) groups excluding carboxylic acids is 1. The molecule has 3 aromatic heterocycles. The smallest absolute Gasteiger partial charge is 0.253 e. The first kappa shape index (κ1) is 16.4. The van der Waals surface area contributed by atoms with Crippen molar-refractivity contribution < 1.29 is 14.1 Å². The molecule has 0 aliphatic heterocycles. The Bertz CT molecular complexity index is 896. The zero-order chi connectivity index (χ0) is 17.6. The van der Waals surface area contributed by atoms with E-state index in [0.29, 0.717) is 29.4 Å². The number of hydrogen-bond donors (Lipinski definition) is 2. The maximum atomic E-state index is 12.0. The van der Waals surface area contributed by atoms with E-state index in [-0.39, 0.29) is 23.9 Å². The molecule has 0 aromatic carbocycles. The largest absolute Gasteiger partial charge is 0.478 e. The fourth-order valence-corrected chi connectivity index (χ4v) is 2.00. The lowest BCUT2D eigenvalue weighted by Crippen LogP contribution is -2.23. The van der Waals surface area contributed by atoms with Gasteiger partial charge >= 0.3 is 0 Å². The molecule has 128 valence electrons. The van der Waals surface area contributed by atoms with Gasteiger partial charge in [0.2, 0.25) is 23.2 Å². The molecule has 3 aromatic rings. The van der Waals surface area contributed by atoms with Crippen LogP contribution in [-0.4, -0.2) is 32.6 Å². The fraction of sp³-hybridized carbons (Fsp3) is 0.188. The molecule has 9 heteroatoms. The molecule has 9 nitrogen and oxygen atoms in total. The highest BCUT2D eigenvalue weighted by atomic mass is 16.5. The summed E-state index contributed by atoms with van der Waals surface area (Å²) in [7, 11) is 0. The van der Waals surface area contributed by atoms with Gasteiger partial charge in [-0.2, -0.15) is 4.98 Å². The Hall–Kier alpha value is -3.49. The summed E-state index contributed by atoms with van der Waals surface area (Å²) in [5.41, 5.74) is 0.725. The van der Waals surface area contributed by atoms with Crippen LogP contribution in [0.5, 0.6) is 5.88 Å². The Labute approximate surface area is 142 Å². The van der Waals surface area contributed by atoms with Crippen molar-refractivity contribution in [2.75, 3.05) is 6.61 Å². The summed E-state index contributed by atoms with van der Waals surface area (Å²) in [5, 5.41) is 6.49. The van der Waals surface area contributed by atoms with E-state index in [1.165, 1.54) is 18.3 Å². The number of rotatable bonds is 6. The van der Waals surface area contributed by atoms with Gasteiger partial charge in [-0.1, -0.05) is 5.16 Å². The van der Waals surface area contributed by atoms with Gasteiger partial charge in [-0.05, 0) is 19.1 Å². The van der Waals surface area contributed by atoms with Gasteiger partial charge in [0, 0.05) is 30.1 Å². The van der Waals surface area contributed by atoms with Crippen LogP contribution in [0.4, 0.5) is 0 Å². The number of nitrogens with one attached hydrogen (secondary N) is 2. The van der Waals surface area contributed by atoms with Crippen molar-refractivity contribution in [3.8, 4) is 17.3 Å². The summed E-state index contributed by atoms with van der Waals surface area (Å²) in [6.07, 6.45) is 2.92. The van der Waals surface area contributed by atoms with Crippen LogP contribution in [0, 0.1) is 0 Å². The first-order chi connectivity index (χ1) is 12.2. The van der Waals surface area contributed by atoms with Crippen LogP contribution in [0.1, 0.15) is 23.2 Å². The SMILES string of the molecule is CCOc1ccc(-c2noc(CNC(=O)c3ccc(=O)[nH]c3)n2)cn1. The fourth-order valence-electron chi connectivity index (χ4n) is 2.00. The lowest BCUT2D eigenvalue weighted by molar-refractivity contribution is 0.0946. The van der Waals surface area contributed by atoms with Crippen LogP contribution in [0.15, 0.2) is 46.0 Å². The summed E-state index contributed by atoms with van der Waals surface area (Å²) in [6.45, 7) is 2.48. The first-order valence-electron chi connectivity index (χ1n) is 7.54. The van der Waals surface area contributed by atoms with Crippen LogP contribution >= 0.6 is 0 Å². The Morgan fingerprint density at radius 1 is 1.32 bits per heavy atom. The molecule has 0 spiro atoms. The molecular formula is C16H15N5O4. The van der Waals surface area contributed by atoms with Gasteiger partial charge < -0.3 is 19.6 Å². The second kappa shape index (κ2) is 7.39. The van der Waals surface area contributed by atoms with E-state index < -0.39 is 0 Å². The summed E-state index contributed by atoms with van der Waals surface area (Å²) in [4.78, 5) is 33.7. The second-order valence-corrected chi connectivity index (χ2v) is 4.95. The van der Waals surface area contributed by atoms with Gasteiger partial charge in [-0.25, -0.2) is 4.98 Å². The Kier molecular flexibility index (Phi) is 4.84. The van der Waals surface area contributed by atoms with Gasteiger partial charge in [-0.3, -0.25) is 9.59 Å². The zero-order valence-electron chi connectivity index (χ0n) is 13.4. The predicted octanol–water partition coefficient (Wildman–Crippen LogP) is 1.15. The van der Waals surface area contributed by atoms with Crippen LogP contribution in [0.2, 0.25) is 0 Å². The van der Waals surface area contributed by atoms with E-state index in [2.05, 4.69) is 25.4 Å². The number of hydrogen-bond acceptors (Lipinski definition) is 7. The van der Waals surface area contributed by atoms with Crippen molar-refractivity contribution in [3.05, 3.63) is 58.5 Å². The summed E-state index contributed by atoms with van der Waals surface area (Å²) in [6, 6.07) is 6.19. The van der Waals surface area contributed by atoms with E-state index in [1.807, 2.05) is 6.92 Å². The molecule has 3 heterocycles. The molecule has 0 aliphatic carbocycles. The number of aromatic amines is 1. The monoisotopic (exact) mass is 341 g/mol. The molecule has 0 saturated heterocycles. The Balaban J connectivity index is 1.62. The van der Waals surface area contributed by atoms with Gasteiger partial charge in [0.15, 0.2) is 0 Å². The van der Waals surface area contributed by atoms with Gasteiger partial charge in [-0.15, -0.1) is 0 Å². The molecule has 3 rings (SSSR count). The predicted molar refractivity (Wildman–Crippen MR) is 86.9 cm³/mol. The number of carbonyl (C=O) groups is 1. The number of aromatic nitrogens is 4. The third kappa shape index (κ3) is 4.08. The zero-order valence-corrected chi connectivity index (χ0v) is 13.4. The minimum absolute atomic E-state index is 0.0649. The summed E-state index contributed by atoms with van der Waals surface area (Å²) in [5.74, 6) is 0.771. The van der Waals surface area contributed by atoms with Gasteiger partial charge in [0.05, 0.1) is 18.7 Å². The molecule has 2 N–H and O–H groups in total. The quantitative estimate of drug-likeness (QED) is 0.689. The minimum Gasteiger partial charge on any atom is -0.478 e. The normalized spacial score (nSPS) is 10.4. The lowest BCUT2D eigenvalue weighted by atomic mass is 10.2. The van der Waals surface area contributed by atoms with Crippen molar-refractivity contribution in [3.63, 3.8) is 0 Å². The molecule has 0 radical (unpaired) electrons. The molecule has 25 heavy (non-hydrogen) atoms. The number of pyridine rings is 2. The Morgan fingerprint density at radius 3 is 2.88 bits per heavy atom. The molecule has 0 unspecified atom stereocenters. The summed E-state index contributed by atoms with van der Waals surface area (Å²) >= 11 is 0. The standard InChI is InChI=1S/C16H15N5O4/c1-2-24-13-6-4-10(7-18-13)15-20-14(25-21-15)9-19-16(23)11-3-5-12(22)17-8-11/h3-8H,2,9H2,1H3,(H,17,22)(H,19,23). The van der Waals surface area contributed by atoms with Crippen LogP contribution < -0.4 is 15.6 Å². The highest BCUT2D eigenvalue weighted by Gasteiger charge is 2.11. The van der Waals surface area contributed by atoms with E-state index in [9.17, 15) is 9.59 Å². The topological polar surface area (TPSA) is 123 Å².